The molecule has 0 spiro atoms. The van der Waals surface area contributed by atoms with Crippen LogP contribution in [-0.2, 0) is 0 Å². The fourth-order valence-corrected chi connectivity index (χ4v) is 2.26. The van der Waals surface area contributed by atoms with E-state index in [0.717, 1.165) is 5.56 Å². The topological polar surface area (TPSA) is 17.1 Å². The maximum absolute atomic E-state index is 12.0. The van der Waals surface area contributed by atoms with E-state index in [-0.39, 0.29) is 5.78 Å². The molecule has 2 aromatic carbocycles. The van der Waals surface area contributed by atoms with Crippen molar-refractivity contribution in [2.24, 2.45) is 0 Å². The van der Waals surface area contributed by atoms with Crippen molar-refractivity contribution in [1.82, 2.24) is 0 Å². The Morgan fingerprint density at radius 1 is 0.947 bits per heavy atom. The van der Waals surface area contributed by atoms with E-state index in [1.165, 1.54) is 6.08 Å². The van der Waals surface area contributed by atoms with Crippen LogP contribution < -0.4 is 0 Å². The Kier molecular flexibility index (Phi) is 4.65. The lowest BCUT2D eigenvalue weighted by molar-refractivity contribution is 0.104. The monoisotopic (exact) mass is 310 g/mol. The molecule has 19 heavy (non-hydrogen) atoms. The Balaban J connectivity index is 2.24. The average Bonchev–Trinajstić information content (AvgIpc) is 2.37. The van der Waals surface area contributed by atoms with Crippen LogP contribution in [0.4, 0.5) is 0 Å². The quantitative estimate of drug-likeness (QED) is 0.537. The molecule has 0 unspecified atom stereocenters. The Hall–Kier alpha value is -1.28. The summed E-state index contributed by atoms with van der Waals surface area (Å²) in [7, 11) is 0. The van der Waals surface area contributed by atoms with Crippen LogP contribution in [0.15, 0.2) is 48.5 Å². The van der Waals surface area contributed by atoms with E-state index in [9.17, 15) is 4.79 Å². The molecule has 2 aromatic rings. The molecule has 0 heterocycles. The molecule has 96 valence electrons. The number of carbonyl (C=O) groups excluding carboxylic acids is 1. The number of allylic oxidation sites excluding steroid dienone is 1. The number of rotatable bonds is 3. The Morgan fingerprint density at radius 2 is 1.68 bits per heavy atom. The maximum atomic E-state index is 12.0. The molecule has 0 saturated carbocycles. The van der Waals surface area contributed by atoms with Gasteiger partial charge in [-0.05, 0) is 42.0 Å². The molecule has 0 amide bonds. The zero-order valence-corrected chi connectivity index (χ0v) is 12.0. The molecule has 0 atom stereocenters. The summed E-state index contributed by atoms with van der Waals surface area (Å²) in [6.45, 7) is 0. The van der Waals surface area contributed by atoms with E-state index < -0.39 is 0 Å². The maximum Gasteiger partial charge on any atom is 0.187 e. The highest BCUT2D eigenvalue weighted by Crippen LogP contribution is 2.22. The van der Waals surface area contributed by atoms with Crippen molar-refractivity contribution in [3.05, 3.63) is 74.7 Å². The molecule has 0 fully saturated rings. The molecule has 2 rings (SSSR count). The standard InChI is InChI=1S/C15H9Cl3O/c16-11-6-7-12(14(18)9-11)15(19)8-5-10-3-1-2-4-13(10)17/h1-9H. The van der Waals surface area contributed by atoms with Gasteiger partial charge in [-0.3, -0.25) is 4.79 Å². The van der Waals surface area contributed by atoms with Crippen LogP contribution >= 0.6 is 34.8 Å². The van der Waals surface area contributed by atoms with Gasteiger partial charge >= 0.3 is 0 Å². The fourth-order valence-electron chi connectivity index (χ4n) is 1.55. The summed E-state index contributed by atoms with van der Waals surface area (Å²) in [6.07, 6.45) is 3.10. The molecule has 0 aliphatic carbocycles. The molecular weight excluding hydrogens is 303 g/mol. The summed E-state index contributed by atoms with van der Waals surface area (Å²) in [5.74, 6) is -0.193. The first-order chi connectivity index (χ1) is 9.08. The number of ketones is 1. The predicted molar refractivity (Wildman–Crippen MR) is 81.3 cm³/mol. The Morgan fingerprint density at radius 3 is 2.37 bits per heavy atom. The van der Waals surface area contributed by atoms with Crippen molar-refractivity contribution in [3.63, 3.8) is 0 Å². The smallest absolute Gasteiger partial charge is 0.187 e. The zero-order chi connectivity index (χ0) is 13.8. The minimum absolute atomic E-state index is 0.193. The van der Waals surface area contributed by atoms with Gasteiger partial charge < -0.3 is 0 Å². The molecule has 0 saturated heterocycles. The first-order valence-corrected chi connectivity index (χ1v) is 6.63. The lowest BCUT2D eigenvalue weighted by Gasteiger charge is -2.01. The molecule has 0 N–H and O–H groups in total. The second-order valence-corrected chi connectivity index (χ2v) is 5.09. The molecule has 4 heteroatoms. The highest BCUT2D eigenvalue weighted by atomic mass is 35.5. The van der Waals surface area contributed by atoms with Gasteiger partial charge in [0.15, 0.2) is 5.78 Å². The molecule has 0 aliphatic rings. The third-order valence-corrected chi connectivity index (χ3v) is 3.41. The first kappa shape index (κ1) is 14.1. The van der Waals surface area contributed by atoms with E-state index in [1.54, 1.807) is 30.3 Å². The number of benzene rings is 2. The number of halogens is 3. The van der Waals surface area contributed by atoms with Crippen molar-refractivity contribution < 1.29 is 4.79 Å². The predicted octanol–water partition coefficient (Wildman–Crippen LogP) is 5.54. The second kappa shape index (κ2) is 6.25. The van der Waals surface area contributed by atoms with Gasteiger partial charge in [-0.25, -0.2) is 0 Å². The van der Waals surface area contributed by atoms with Crippen molar-refractivity contribution in [2.45, 2.75) is 0 Å². The summed E-state index contributed by atoms with van der Waals surface area (Å²) >= 11 is 17.8. The number of hydrogen-bond donors (Lipinski definition) is 0. The van der Waals surface area contributed by atoms with E-state index >= 15 is 0 Å². The highest BCUT2D eigenvalue weighted by Gasteiger charge is 2.07. The van der Waals surface area contributed by atoms with Crippen LogP contribution in [0, 0.1) is 0 Å². The third kappa shape index (κ3) is 3.60. The van der Waals surface area contributed by atoms with Crippen molar-refractivity contribution in [3.8, 4) is 0 Å². The van der Waals surface area contributed by atoms with Gasteiger partial charge in [0, 0.05) is 15.6 Å². The van der Waals surface area contributed by atoms with Crippen LogP contribution in [0.25, 0.3) is 6.08 Å². The Bertz CT molecular complexity index is 648. The normalized spacial score (nSPS) is 10.9. The molecule has 0 aromatic heterocycles. The van der Waals surface area contributed by atoms with Gasteiger partial charge in [0.2, 0.25) is 0 Å². The molecule has 0 radical (unpaired) electrons. The van der Waals surface area contributed by atoms with E-state index in [0.29, 0.717) is 20.6 Å². The minimum atomic E-state index is -0.193. The fraction of sp³-hybridized carbons (Fsp3) is 0. The van der Waals surface area contributed by atoms with Crippen molar-refractivity contribution in [1.29, 1.82) is 0 Å². The zero-order valence-electron chi connectivity index (χ0n) is 9.74. The van der Waals surface area contributed by atoms with Gasteiger partial charge in [-0.1, -0.05) is 53.0 Å². The van der Waals surface area contributed by atoms with Gasteiger partial charge in [0.1, 0.15) is 0 Å². The summed E-state index contributed by atoms with van der Waals surface area (Å²) in [5, 5.41) is 1.42. The van der Waals surface area contributed by atoms with Crippen molar-refractivity contribution >= 4 is 46.7 Å². The Labute approximate surface area is 126 Å². The lowest BCUT2D eigenvalue weighted by atomic mass is 10.1. The minimum Gasteiger partial charge on any atom is -0.289 e. The summed E-state index contributed by atoms with van der Waals surface area (Å²) in [6, 6.07) is 12.0. The summed E-state index contributed by atoms with van der Waals surface area (Å²) < 4.78 is 0. The molecule has 0 aliphatic heterocycles. The number of hydrogen-bond acceptors (Lipinski definition) is 1. The molecule has 1 nitrogen and oxygen atoms in total. The van der Waals surface area contributed by atoms with Gasteiger partial charge in [0.05, 0.1) is 5.02 Å². The van der Waals surface area contributed by atoms with Crippen LogP contribution in [0.5, 0.6) is 0 Å². The van der Waals surface area contributed by atoms with E-state index in [4.69, 9.17) is 34.8 Å². The molecular formula is C15H9Cl3O. The van der Waals surface area contributed by atoms with Gasteiger partial charge in [-0.2, -0.15) is 0 Å². The third-order valence-electron chi connectivity index (χ3n) is 2.52. The van der Waals surface area contributed by atoms with Crippen LogP contribution in [0.3, 0.4) is 0 Å². The van der Waals surface area contributed by atoms with Crippen LogP contribution in [0.1, 0.15) is 15.9 Å². The SMILES string of the molecule is O=C(C=Cc1ccccc1Cl)c1ccc(Cl)cc1Cl. The first-order valence-electron chi connectivity index (χ1n) is 5.50. The second-order valence-electron chi connectivity index (χ2n) is 3.84. The lowest BCUT2D eigenvalue weighted by Crippen LogP contribution is -1.95. The highest BCUT2D eigenvalue weighted by molar-refractivity contribution is 6.37. The number of carbonyl (C=O) groups is 1. The average molecular weight is 312 g/mol. The largest absolute Gasteiger partial charge is 0.289 e. The summed E-state index contributed by atoms with van der Waals surface area (Å²) in [5.41, 5.74) is 1.19. The van der Waals surface area contributed by atoms with Gasteiger partial charge in [0.25, 0.3) is 0 Å². The van der Waals surface area contributed by atoms with E-state index in [2.05, 4.69) is 0 Å². The van der Waals surface area contributed by atoms with Gasteiger partial charge in [-0.15, -0.1) is 0 Å². The van der Waals surface area contributed by atoms with Crippen LogP contribution in [0.2, 0.25) is 15.1 Å². The molecule has 0 bridgehead atoms. The van der Waals surface area contributed by atoms with E-state index in [1.807, 2.05) is 18.2 Å². The summed E-state index contributed by atoms with van der Waals surface area (Å²) in [4.78, 5) is 12.0. The van der Waals surface area contributed by atoms with Crippen molar-refractivity contribution in [2.75, 3.05) is 0 Å². The van der Waals surface area contributed by atoms with Crippen LogP contribution in [-0.4, -0.2) is 5.78 Å².